The predicted octanol–water partition coefficient (Wildman–Crippen LogP) is 1.86. The molecule has 2 saturated carbocycles. The molecule has 0 unspecified atom stereocenters. The standard InChI is InChI=1S/C21H24N2O3/c1-22-14-5-4-13-15-8-12-9-16(24)18(25)19-17(12)21(13,20(14)26-19)6-7-23(15)10-11-2-3-11/h9,11,14,20,22H,2-8,10H2,1H3/t14-,20+,21+/m1/s1. The Balaban J connectivity index is 1.56. The number of ketones is 2. The van der Waals surface area contributed by atoms with Gasteiger partial charge in [-0.2, -0.15) is 0 Å². The summed E-state index contributed by atoms with van der Waals surface area (Å²) in [6.45, 7) is 2.19. The van der Waals surface area contributed by atoms with Crippen LogP contribution in [0.1, 0.15) is 38.5 Å². The van der Waals surface area contributed by atoms with Gasteiger partial charge in [0, 0.05) is 36.8 Å². The van der Waals surface area contributed by atoms with Gasteiger partial charge < -0.3 is 15.0 Å². The minimum atomic E-state index is -0.439. The van der Waals surface area contributed by atoms with Gasteiger partial charge in [-0.05, 0) is 62.3 Å². The molecule has 4 aliphatic carbocycles. The highest BCUT2D eigenvalue weighted by atomic mass is 16.5. The SMILES string of the molecule is CN[C@@H]1CCC2=C3CC4=CC(=O)C(=O)C5=C4[C@@]2(CCN3CC2CC2)[C@H]1O5. The van der Waals surface area contributed by atoms with E-state index in [1.807, 2.05) is 7.05 Å². The quantitative estimate of drug-likeness (QED) is 0.621. The summed E-state index contributed by atoms with van der Waals surface area (Å²) in [6.07, 6.45) is 8.13. The summed E-state index contributed by atoms with van der Waals surface area (Å²) in [6, 6.07) is 0.225. The molecule has 6 aliphatic rings. The number of Topliss-reactive ketones (excluding diaryl/α,β-unsaturated/α-hetero) is 1. The molecule has 2 fully saturated rings. The number of allylic oxidation sites excluding steroid dienone is 3. The molecular formula is C21H24N2O3. The lowest BCUT2D eigenvalue weighted by Gasteiger charge is -2.54. The number of nitrogens with one attached hydrogen (secondary N) is 1. The van der Waals surface area contributed by atoms with Crippen molar-refractivity contribution in [2.24, 2.45) is 11.3 Å². The van der Waals surface area contributed by atoms with E-state index < -0.39 is 11.6 Å². The summed E-state index contributed by atoms with van der Waals surface area (Å²) in [4.78, 5) is 27.4. The van der Waals surface area contributed by atoms with E-state index >= 15 is 0 Å². The van der Waals surface area contributed by atoms with Gasteiger partial charge in [0.25, 0.3) is 5.78 Å². The van der Waals surface area contributed by atoms with Crippen LogP contribution in [0.2, 0.25) is 0 Å². The summed E-state index contributed by atoms with van der Waals surface area (Å²) in [5.41, 5.74) is 4.87. The monoisotopic (exact) mass is 352 g/mol. The van der Waals surface area contributed by atoms with Crippen molar-refractivity contribution in [2.75, 3.05) is 20.1 Å². The maximum atomic E-state index is 12.6. The number of carbonyl (C=O) groups is 2. The van der Waals surface area contributed by atoms with Crippen LogP contribution >= 0.6 is 0 Å². The first-order valence-electron chi connectivity index (χ1n) is 9.99. The maximum absolute atomic E-state index is 12.6. The highest BCUT2D eigenvalue weighted by Gasteiger charge is 2.64. The topological polar surface area (TPSA) is 58.6 Å². The van der Waals surface area contributed by atoms with Crippen molar-refractivity contribution in [1.82, 2.24) is 10.2 Å². The van der Waals surface area contributed by atoms with E-state index in [9.17, 15) is 9.59 Å². The van der Waals surface area contributed by atoms with Crippen LogP contribution in [0.25, 0.3) is 0 Å². The molecule has 2 heterocycles. The fourth-order valence-electron chi connectivity index (χ4n) is 6.17. The van der Waals surface area contributed by atoms with E-state index in [1.54, 1.807) is 6.08 Å². The molecule has 0 amide bonds. The van der Waals surface area contributed by atoms with Gasteiger partial charge in [0.1, 0.15) is 6.10 Å². The zero-order valence-corrected chi connectivity index (χ0v) is 15.1. The first-order valence-corrected chi connectivity index (χ1v) is 9.99. The zero-order chi connectivity index (χ0) is 17.6. The highest BCUT2D eigenvalue weighted by Crippen LogP contribution is 2.64. The van der Waals surface area contributed by atoms with Crippen LogP contribution in [0.4, 0.5) is 0 Å². The molecule has 1 N–H and O–H groups in total. The molecule has 1 spiro atoms. The lowest BCUT2D eigenvalue weighted by molar-refractivity contribution is -0.134. The van der Waals surface area contributed by atoms with Crippen molar-refractivity contribution in [3.8, 4) is 0 Å². The van der Waals surface area contributed by atoms with Gasteiger partial charge in [0.05, 0.1) is 5.41 Å². The number of rotatable bonds is 3. The Kier molecular flexibility index (Phi) is 2.86. The molecule has 0 saturated heterocycles. The summed E-state index contributed by atoms with van der Waals surface area (Å²) in [5, 5.41) is 3.42. The smallest absolute Gasteiger partial charge is 0.267 e. The molecular weight excluding hydrogens is 328 g/mol. The van der Waals surface area contributed by atoms with Gasteiger partial charge in [0.2, 0.25) is 5.78 Å². The van der Waals surface area contributed by atoms with Crippen molar-refractivity contribution in [2.45, 2.75) is 50.7 Å². The summed E-state index contributed by atoms with van der Waals surface area (Å²) in [7, 11) is 1.98. The third kappa shape index (κ3) is 1.70. The van der Waals surface area contributed by atoms with Crippen molar-refractivity contribution in [3.05, 3.63) is 34.3 Å². The first kappa shape index (κ1) is 15.2. The van der Waals surface area contributed by atoms with Crippen LogP contribution in [0.3, 0.4) is 0 Å². The Labute approximate surface area is 153 Å². The van der Waals surface area contributed by atoms with Gasteiger partial charge in [-0.15, -0.1) is 0 Å². The number of likely N-dealkylation sites (tertiary alicyclic amines) is 1. The fourth-order valence-corrected chi connectivity index (χ4v) is 6.17. The summed E-state index contributed by atoms with van der Waals surface area (Å²) in [5.74, 6) is 0.362. The lowest BCUT2D eigenvalue weighted by atomic mass is 9.54. The molecule has 5 nitrogen and oxygen atoms in total. The first-order chi connectivity index (χ1) is 12.6. The van der Waals surface area contributed by atoms with Crippen LogP contribution < -0.4 is 5.32 Å². The number of ether oxygens (including phenoxy) is 1. The molecule has 0 aromatic rings. The normalized spacial score (nSPS) is 37.7. The highest BCUT2D eigenvalue weighted by molar-refractivity contribution is 6.48. The molecule has 0 aromatic carbocycles. The summed E-state index contributed by atoms with van der Waals surface area (Å²) >= 11 is 0. The van der Waals surface area contributed by atoms with Crippen molar-refractivity contribution in [1.29, 1.82) is 0 Å². The van der Waals surface area contributed by atoms with Gasteiger partial charge in [-0.3, -0.25) is 9.59 Å². The zero-order valence-electron chi connectivity index (χ0n) is 15.1. The van der Waals surface area contributed by atoms with E-state index in [0.717, 1.165) is 55.8 Å². The minimum absolute atomic E-state index is 0.0575. The van der Waals surface area contributed by atoms with Gasteiger partial charge in [-0.1, -0.05) is 0 Å². The second-order valence-corrected chi connectivity index (χ2v) is 8.75. The Bertz CT molecular complexity index is 847. The van der Waals surface area contributed by atoms with E-state index in [2.05, 4.69) is 10.2 Å². The average Bonchev–Trinajstić information content (AvgIpc) is 3.38. The van der Waals surface area contributed by atoms with E-state index in [-0.39, 0.29) is 17.6 Å². The molecule has 26 heavy (non-hydrogen) atoms. The lowest BCUT2D eigenvalue weighted by Crippen LogP contribution is -2.57. The molecule has 2 aliphatic heterocycles. The Morgan fingerprint density at radius 2 is 2.15 bits per heavy atom. The van der Waals surface area contributed by atoms with Crippen LogP contribution in [0, 0.1) is 11.3 Å². The Hall–Kier alpha value is -1.88. The van der Waals surface area contributed by atoms with Crippen molar-refractivity contribution < 1.29 is 14.3 Å². The molecule has 2 bridgehead atoms. The van der Waals surface area contributed by atoms with Crippen LogP contribution in [0.5, 0.6) is 0 Å². The van der Waals surface area contributed by atoms with Crippen LogP contribution in [0.15, 0.2) is 34.3 Å². The molecule has 136 valence electrons. The summed E-state index contributed by atoms with van der Waals surface area (Å²) < 4.78 is 6.29. The average molecular weight is 352 g/mol. The molecule has 5 heteroatoms. The number of hydrogen-bond donors (Lipinski definition) is 1. The molecule has 3 atom stereocenters. The predicted molar refractivity (Wildman–Crippen MR) is 95.1 cm³/mol. The Morgan fingerprint density at radius 1 is 1.31 bits per heavy atom. The number of likely N-dealkylation sites (N-methyl/N-ethyl adjacent to an activating group) is 1. The second kappa shape index (κ2) is 4.89. The number of nitrogens with zero attached hydrogens (tertiary/aromatic N) is 1. The number of hydrogen-bond acceptors (Lipinski definition) is 5. The van der Waals surface area contributed by atoms with Crippen LogP contribution in [-0.4, -0.2) is 48.7 Å². The third-order valence-electron chi connectivity index (χ3n) is 7.48. The minimum Gasteiger partial charge on any atom is -0.483 e. The molecule has 0 aromatic heterocycles. The van der Waals surface area contributed by atoms with E-state index in [1.165, 1.54) is 24.1 Å². The molecule has 0 radical (unpaired) electrons. The fraction of sp³-hybridized carbons (Fsp3) is 0.619. The van der Waals surface area contributed by atoms with E-state index in [0.29, 0.717) is 5.76 Å². The van der Waals surface area contributed by atoms with Crippen molar-refractivity contribution in [3.63, 3.8) is 0 Å². The second-order valence-electron chi connectivity index (χ2n) is 8.75. The third-order valence-corrected chi connectivity index (χ3v) is 7.48. The largest absolute Gasteiger partial charge is 0.483 e. The van der Waals surface area contributed by atoms with Gasteiger partial charge in [-0.25, -0.2) is 0 Å². The molecule has 6 rings (SSSR count). The number of carbonyl (C=O) groups excluding carboxylic acids is 2. The van der Waals surface area contributed by atoms with E-state index in [4.69, 9.17) is 4.74 Å². The van der Waals surface area contributed by atoms with Crippen LogP contribution in [-0.2, 0) is 14.3 Å². The van der Waals surface area contributed by atoms with Gasteiger partial charge in [0.15, 0.2) is 5.76 Å². The maximum Gasteiger partial charge on any atom is 0.267 e. The van der Waals surface area contributed by atoms with Gasteiger partial charge >= 0.3 is 0 Å². The van der Waals surface area contributed by atoms with Crippen molar-refractivity contribution >= 4 is 11.6 Å². The Morgan fingerprint density at radius 3 is 2.92 bits per heavy atom.